The fourth-order valence-electron chi connectivity index (χ4n) is 1.66. The zero-order valence-electron chi connectivity index (χ0n) is 10.9. The van der Waals surface area contributed by atoms with Crippen LogP contribution in [0.25, 0.3) is 0 Å². The minimum Gasteiger partial charge on any atom is -0.480 e. The Balaban J connectivity index is 2.65. The number of carbonyl (C=O) groups excluding carboxylic acids is 1. The number of carboxylic acid groups (broad SMARTS) is 1. The normalized spacial score (nSPS) is 11.4. The first kappa shape index (κ1) is 15.7. The molecule has 0 aromatic heterocycles. The number of hydrogen-bond acceptors (Lipinski definition) is 4. The van der Waals surface area contributed by atoms with E-state index in [1.54, 1.807) is 0 Å². The summed E-state index contributed by atoms with van der Waals surface area (Å²) >= 11 is 0. The molecule has 0 heterocycles. The van der Waals surface area contributed by atoms with Gasteiger partial charge in [0.15, 0.2) is 0 Å². The quantitative estimate of drug-likeness (QED) is 0.641. The first-order valence-electron chi connectivity index (χ1n) is 6.23. The van der Waals surface area contributed by atoms with Gasteiger partial charge in [0, 0.05) is 12.2 Å². The average Bonchev–Trinajstić information content (AvgIpc) is 2.46. The summed E-state index contributed by atoms with van der Waals surface area (Å²) in [7, 11) is 0. The van der Waals surface area contributed by atoms with Gasteiger partial charge < -0.3 is 15.5 Å². The van der Waals surface area contributed by atoms with Crippen molar-refractivity contribution in [2.75, 3.05) is 6.61 Å². The van der Waals surface area contributed by atoms with Crippen molar-refractivity contribution in [1.82, 2.24) is 5.32 Å². The zero-order chi connectivity index (χ0) is 15.0. The predicted octanol–water partition coefficient (Wildman–Crippen LogP) is 0.904. The van der Waals surface area contributed by atoms with E-state index in [9.17, 15) is 9.59 Å². The third-order valence-electron chi connectivity index (χ3n) is 2.78. The number of rotatable bonds is 7. The molecule has 0 aliphatic rings. The van der Waals surface area contributed by atoms with Crippen LogP contribution in [0.4, 0.5) is 0 Å². The number of aliphatic carboxylic acids is 1. The van der Waals surface area contributed by atoms with Crippen molar-refractivity contribution in [2.24, 2.45) is 0 Å². The van der Waals surface area contributed by atoms with Crippen LogP contribution in [0.15, 0.2) is 24.3 Å². The number of aliphatic hydroxyl groups excluding tert-OH is 1. The molecule has 0 bridgehead atoms. The second kappa shape index (κ2) is 7.92. The first-order chi connectivity index (χ1) is 9.58. The van der Waals surface area contributed by atoms with Gasteiger partial charge in [-0.05, 0) is 43.5 Å². The highest BCUT2D eigenvalue weighted by molar-refractivity contribution is 5.96. The highest BCUT2D eigenvalue weighted by Gasteiger charge is 2.20. The number of carboxylic acids is 1. The lowest BCUT2D eigenvalue weighted by Gasteiger charge is -2.14. The molecule has 0 fully saturated rings. The molecule has 6 nitrogen and oxygen atoms in total. The van der Waals surface area contributed by atoms with Gasteiger partial charge in [-0.1, -0.05) is 0 Å². The molecule has 0 saturated heterocycles. The number of unbranched alkanes of at least 4 members (excludes halogenated alkanes) is 1. The average molecular weight is 276 g/mol. The summed E-state index contributed by atoms with van der Waals surface area (Å²) in [5.41, 5.74) is 0.733. The van der Waals surface area contributed by atoms with E-state index in [1.807, 2.05) is 6.07 Å². The van der Waals surface area contributed by atoms with E-state index < -0.39 is 17.9 Å². The van der Waals surface area contributed by atoms with E-state index in [0.29, 0.717) is 24.0 Å². The standard InChI is InChI=1S/C14H16N2O4/c15-9-10-4-6-11(7-5-10)13(18)16-12(14(19)20)3-1-2-8-17/h4-7,12,17H,1-3,8H2,(H,16,18)(H,19,20). The van der Waals surface area contributed by atoms with E-state index >= 15 is 0 Å². The Bertz CT molecular complexity index is 505. The lowest BCUT2D eigenvalue weighted by Crippen LogP contribution is -2.40. The van der Waals surface area contributed by atoms with Crippen LogP contribution in [0.1, 0.15) is 35.2 Å². The number of amides is 1. The number of benzene rings is 1. The lowest BCUT2D eigenvalue weighted by atomic mass is 10.1. The van der Waals surface area contributed by atoms with Gasteiger partial charge in [0.25, 0.3) is 5.91 Å². The molecular weight excluding hydrogens is 260 g/mol. The fraction of sp³-hybridized carbons (Fsp3) is 0.357. The van der Waals surface area contributed by atoms with Crippen molar-refractivity contribution >= 4 is 11.9 Å². The molecule has 1 unspecified atom stereocenters. The number of aliphatic hydroxyl groups is 1. The second-order valence-electron chi connectivity index (χ2n) is 4.27. The Morgan fingerprint density at radius 2 is 1.90 bits per heavy atom. The molecule has 6 heteroatoms. The van der Waals surface area contributed by atoms with Gasteiger partial charge >= 0.3 is 5.97 Å². The molecule has 1 atom stereocenters. The number of hydrogen-bond donors (Lipinski definition) is 3. The van der Waals surface area contributed by atoms with Crippen LogP contribution in [0, 0.1) is 11.3 Å². The summed E-state index contributed by atoms with van der Waals surface area (Å²) in [6, 6.07) is 6.89. The molecule has 1 aromatic carbocycles. The minimum atomic E-state index is -1.11. The van der Waals surface area contributed by atoms with Crippen molar-refractivity contribution in [3.05, 3.63) is 35.4 Å². The maximum absolute atomic E-state index is 11.9. The third kappa shape index (κ3) is 4.71. The van der Waals surface area contributed by atoms with Crippen molar-refractivity contribution < 1.29 is 19.8 Å². The van der Waals surface area contributed by atoms with E-state index in [-0.39, 0.29) is 13.0 Å². The Kier molecular flexibility index (Phi) is 6.20. The summed E-state index contributed by atoms with van der Waals surface area (Å²) in [4.78, 5) is 22.9. The largest absolute Gasteiger partial charge is 0.480 e. The Morgan fingerprint density at radius 1 is 1.25 bits per heavy atom. The summed E-state index contributed by atoms with van der Waals surface area (Å²) in [5, 5.41) is 28.8. The van der Waals surface area contributed by atoms with E-state index in [2.05, 4.69) is 5.32 Å². The van der Waals surface area contributed by atoms with Gasteiger partial charge in [-0.25, -0.2) is 4.79 Å². The molecule has 3 N–H and O–H groups in total. The Labute approximate surface area is 116 Å². The molecule has 106 valence electrons. The number of nitrogens with zero attached hydrogens (tertiary/aromatic N) is 1. The van der Waals surface area contributed by atoms with Gasteiger partial charge in [-0.3, -0.25) is 4.79 Å². The molecule has 0 aliphatic heterocycles. The number of carbonyl (C=O) groups is 2. The predicted molar refractivity (Wildman–Crippen MR) is 71.0 cm³/mol. The van der Waals surface area contributed by atoms with Crippen LogP contribution in [0.5, 0.6) is 0 Å². The Morgan fingerprint density at radius 3 is 2.40 bits per heavy atom. The first-order valence-corrected chi connectivity index (χ1v) is 6.23. The monoisotopic (exact) mass is 276 g/mol. The van der Waals surface area contributed by atoms with Crippen LogP contribution in [-0.4, -0.2) is 34.7 Å². The molecule has 20 heavy (non-hydrogen) atoms. The van der Waals surface area contributed by atoms with Crippen molar-refractivity contribution in [3.8, 4) is 6.07 Å². The van der Waals surface area contributed by atoms with E-state index in [4.69, 9.17) is 15.5 Å². The van der Waals surface area contributed by atoms with Gasteiger partial charge in [-0.2, -0.15) is 5.26 Å². The maximum atomic E-state index is 11.9. The minimum absolute atomic E-state index is 0.00406. The van der Waals surface area contributed by atoms with Crippen molar-refractivity contribution in [3.63, 3.8) is 0 Å². The van der Waals surface area contributed by atoms with Crippen LogP contribution < -0.4 is 5.32 Å². The fourth-order valence-corrected chi connectivity index (χ4v) is 1.66. The van der Waals surface area contributed by atoms with Crippen molar-refractivity contribution in [1.29, 1.82) is 5.26 Å². The Hall–Kier alpha value is -2.39. The van der Waals surface area contributed by atoms with Crippen LogP contribution in [-0.2, 0) is 4.79 Å². The molecule has 1 aromatic rings. The van der Waals surface area contributed by atoms with Crippen LogP contribution >= 0.6 is 0 Å². The molecule has 0 radical (unpaired) electrons. The molecule has 0 spiro atoms. The topological polar surface area (TPSA) is 110 Å². The summed E-state index contributed by atoms with van der Waals surface area (Å²) < 4.78 is 0. The number of nitriles is 1. The second-order valence-corrected chi connectivity index (χ2v) is 4.27. The van der Waals surface area contributed by atoms with E-state index in [1.165, 1.54) is 24.3 Å². The smallest absolute Gasteiger partial charge is 0.326 e. The number of nitrogens with one attached hydrogen (secondary N) is 1. The lowest BCUT2D eigenvalue weighted by molar-refractivity contribution is -0.139. The highest BCUT2D eigenvalue weighted by atomic mass is 16.4. The molecule has 0 aliphatic carbocycles. The van der Waals surface area contributed by atoms with Crippen LogP contribution in [0.2, 0.25) is 0 Å². The maximum Gasteiger partial charge on any atom is 0.326 e. The van der Waals surface area contributed by atoms with Crippen molar-refractivity contribution in [2.45, 2.75) is 25.3 Å². The molecular formula is C14H16N2O4. The molecule has 0 saturated carbocycles. The van der Waals surface area contributed by atoms with Gasteiger partial charge in [0.05, 0.1) is 11.6 Å². The third-order valence-corrected chi connectivity index (χ3v) is 2.78. The van der Waals surface area contributed by atoms with Gasteiger partial charge in [0.2, 0.25) is 0 Å². The van der Waals surface area contributed by atoms with Crippen LogP contribution in [0.3, 0.4) is 0 Å². The summed E-state index contributed by atoms with van der Waals surface area (Å²) in [6.45, 7) is -0.00406. The highest BCUT2D eigenvalue weighted by Crippen LogP contribution is 2.06. The summed E-state index contributed by atoms with van der Waals surface area (Å²) in [6.07, 6.45) is 1.27. The molecule has 1 amide bonds. The molecule has 1 rings (SSSR count). The van der Waals surface area contributed by atoms with Gasteiger partial charge in [0.1, 0.15) is 6.04 Å². The zero-order valence-corrected chi connectivity index (χ0v) is 10.9. The van der Waals surface area contributed by atoms with E-state index in [0.717, 1.165) is 0 Å². The van der Waals surface area contributed by atoms with Gasteiger partial charge in [-0.15, -0.1) is 0 Å². The SMILES string of the molecule is N#Cc1ccc(C(=O)NC(CCCCO)C(=O)O)cc1. The summed E-state index contributed by atoms with van der Waals surface area (Å²) in [5.74, 6) is -1.60.